The summed E-state index contributed by atoms with van der Waals surface area (Å²) < 4.78 is 12.7. The van der Waals surface area contributed by atoms with E-state index in [0.717, 1.165) is 41.9 Å². The van der Waals surface area contributed by atoms with Crippen molar-refractivity contribution in [2.75, 3.05) is 33.9 Å². The molecule has 1 atom stereocenters. The number of ether oxygens (including phenoxy) is 2. The standard InChI is InChI=1S/C29H38N4O3/c1-20-10-11-21(2)26(17-20)33-27(29(34)30-14-8-16-32-15-7-6-9-22(32)3)19-25(31-33)24-13-12-23(35-4)18-28(24)36-5/h10-13,17-19,22H,6-9,14-16H2,1-5H3,(H,30,34). The number of nitrogens with one attached hydrogen (secondary N) is 1. The van der Waals surface area contributed by atoms with Crippen LogP contribution in [-0.2, 0) is 0 Å². The van der Waals surface area contributed by atoms with Gasteiger partial charge in [0.15, 0.2) is 0 Å². The van der Waals surface area contributed by atoms with Crippen LogP contribution in [0, 0.1) is 13.8 Å². The number of carbonyl (C=O) groups is 1. The van der Waals surface area contributed by atoms with Crippen LogP contribution in [0.25, 0.3) is 16.9 Å². The number of methoxy groups -OCH3 is 2. The van der Waals surface area contributed by atoms with Crippen LogP contribution in [0.5, 0.6) is 11.5 Å². The van der Waals surface area contributed by atoms with Crippen molar-refractivity contribution in [3.8, 4) is 28.4 Å². The van der Waals surface area contributed by atoms with Gasteiger partial charge in [0, 0.05) is 30.8 Å². The molecule has 1 fully saturated rings. The summed E-state index contributed by atoms with van der Waals surface area (Å²) in [6.45, 7) is 9.16. The summed E-state index contributed by atoms with van der Waals surface area (Å²) in [5, 5.41) is 8.01. The molecular formula is C29H38N4O3. The molecule has 1 aliphatic heterocycles. The molecule has 0 radical (unpaired) electrons. The molecule has 1 unspecified atom stereocenters. The predicted octanol–water partition coefficient (Wildman–Crippen LogP) is 5.17. The monoisotopic (exact) mass is 490 g/mol. The molecule has 1 aromatic heterocycles. The molecule has 0 saturated carbocycles. The van der Waals surface area contributed by atoms with Crippen molar-refractivity contribution in [3.05, 3.63) is 59.3 Å². The molecule has 1 N–H and O–H groups in total. The minimum atomic E-state index is -0.131. The van der Waals surface area contributed by atoms with E-state index in [1.54, 1.807) is 18.9 Å². The van der Waals surface area contributed by atoms with Crippen LogP contribution < -0.4 is 14.8 Å². The first-order valence-corrected chi connectivity index (χ1v) is 12.8. The van der Waals surface area contributed by atoms with Crippen molar-refractivity contribution < 1.29 is 14.3 Å². The van der Waals surface area contributed by atoms with Crippen molar-refractivity contribution in [2.24, 2.45) is 0 Å². The number of amides is 1. The second-order valence-corrected chi connectivity index (χ2v) is 9.67. The lowest BCUT2D eigenvalue weighted by atomic mass is 10.0. The highest BCUT2D eigenvalue weighted by Crippen LogP contribution is 2.34. The van der Waals surface area contributed by atoms with Gasteiger partial charge in [-0.15, -0.1) is 0 Å². The van der Waals surface area contributed by atoms with Crippen LogP contribution in [0.1, 0.15) is 54.2 Å². The van der Waals surface area contributed by atoms with Gasteiger partial charge in [0.1, 0.15) is 17.2 Å². The third-order valence-corrected chi connectivity index (χ3v) is 7.07. The van der Waals surface area contributed by atoms with E-state index in [4.69, 9.17) is 14.6 Å². The van der Waals surface area contributed by atoms with Crippen molar-refractivity contribution in [2.45, 2.75) is 52.5 Å². The molecule has 1 amide bonds. The van der Waals surface area contributed by atoms with Gasteiger partial charge in [0.25, 0.3) is 5.91 Å². The van der Waals surface area contributed by atoms with Gasteiger partial charge in [-0.3, -0.25) is 4.79 Å². The lowest BCUT2D eigenvalue weighted by molar-refractivity contribution is 0.0941. The fourth-order valence-corrected chi connectivity index (χ4v) is 4.88. The molecule has 36 heavy (non-hydrogen) atoms. The minimum Gasteiger partial charge on any atom is -0.497 e. The van der Waals surface area contributed by atoms with Crippen LogP contribution >= 0.6 is 0 Å². The lowest BCUT2D eigenvalue weighted by Gasteiger charge is -2.33. The highest BCUT2D eigenvalue weighted by atomic mass is 16.5. The number of hydrogen-bond acceptors (Lipinski definition) is 5. The smallest absolute Gasteiger partial charge is 0.270 e. The summed E-state index contributed by atoms with van der Waals surface area (Å²) in [5.74, 6) is 1.21. The second kappa shape index (κ2) is 11.6. The number of rotatable bonds is 9. The Balaban J connectivity index is 1.60. The first-order chi connectivity index (χ1) is 17.4. The summed E-state index contributed by atoms with van der Waals surface area (Å²) in [5.41, 5.74) is 5.02. The normalized spacial score (nSPS) is 16.1. The van der Waals surface area contributed by atoms with E-state index in [9.17, 15) is 4.79 Å². The maximum Gasteiger partial charge on any atom is 0.270 e. The van der Waals surface area contributed by atoms with E-state index in [2.05, 4.69) is 35.3 Å². The number of likely N-dealkylation sites (tertiary alicyclic amines) is 1. The number of hydrogen-bond donors (Lipinski definition) is 1. The van der Waals surface area contributed by atoms with Gasteiger partial charge in [-0.05, 0) is 82.0 Å². The molecule has 1 aliphatic rings. The topological polar surface area (TPSA) is 68.6 Å². The summed E-state index contributed by atoms with van der Waals surface area (Å²) >= 11 is 0. The Hall–Kier alpha value is -3.32. The SMILES string of the molecule is COc1ccc(-c2cc(C(=O)NCCCN3CCCCC3C)n(-c3cc(C)ccc3C)n2)c(OC)c1. The Morgan fingerprint density at radius 1 is 1.08 bits per heavy atom. The maximum atomic E-state index is 13.4. The highest BCUT2D eigenvalue weighted by molar-refractivity contribution is 5.94. The molecular weight excluding hydrogens is 452 g/mol. The van der Waals surface area contributed by atoms with Crippen molar-refractivity contribution in [1.82, 2.24) is 20.0 Å². The average molecular weight is 491 g/mol. The number of piperidine rings is 1. The number of benzene rings is 2. The molecule has 4 rings (SSSR count). The zero-order chi connectivity index (χ0) is 25.7. The van der Waals surface area contributed by atoms with Gasteiger partial charge in [-0.1, -0.05) is 18.6 Å². The Kier molecular flexibility index (Phi) is 8.31. The van der Waals surface area contributed by atoms with Crippen LogP contribution in [-0.4, -0.2) is 60.5 Å². The van der Waals surface area contributed by atoms with Crippen molar-refractivity contribution >= 4 is 5.91 Å². The van der Waals surface area contributed by atoms with E-state index in [0.29, 0.717) is 35.5 Å². The van der Waals surface area contributed by atoms with Crippen molar-refractivity contribution in [1.29, 1.82) is 0 Å². The zero-order valence-corrected chi connectivity index (χ0v) is 22.1. The second-order valence-electron chi connectivity index (χ2n) is 9.67. The van der Waals surface area contributed by atoms with E-state index >= 15 is 0 Å². The first-order valence-electron chi connectivity index (χ1n) is 12.8. The first kappa shape index (κ1) is 25.8. The van der Waals surface area contributed by atoms with Gasteiger partial charge in [0.05, 0.1) is 25.6 Å². The molecule has 2 heterocycles. The van der Waals surface area contributed by atoms with Gasteiger partial charge < -0.3 is 19.7 Å². The molecule has 1 saturated heterocycles. The number of aryl methyl sites for hydroxylation is 2. The lowest BCUT2D eigenvalue weighted by Crippen LogP contribution is -2.39. The van der Waals surface area contributed by atoms with E-state index in [1.807, 2.05) is 38.1 Å². The van der Waals surface area contributed by atoms with Gasteiger partial charge in [0.2, 0.25) is 0 Å². The van der Waals surface area contributed by atoms with E-state index < -0.39 is 0 Å². The molecule has 0 aliphatic carbocycles. The maximum absolute atomic E-state index is 13.4. The van der Waals surface area contributed by atoms with Gasteiger partial charge >= 0.3 is 0 Å². The number of aromatic nitrogens is 2. The van der Waals surface area contributed by atoms with Crippen molar-refractivity contribution in [3.63, 3.8) is 0 Å². The number of carbonyl (C=O) groups excluding carboxylic acids is 1. The van der Waals surface area contributed by atoms with Crippen LogP contribution in [0.15, 0.2) is 42.5 Å². The Morgan fingerprint density at radius 3 is 2.67 bits per heavy atom. The molecule has 3 aromatic rings. The Labute approximate surface area is 214 Å². The molecule has 7 nitrogen and oxygen atoms in total. The summed E-state index contributed by atoms with van der Waals surface area (Å²) in [6, 6.07) is 14.3. The van der Waals surface area contributed by atoms with Gasteiger partial charge in [-0.2, -0.15) is 5.10 Å². The summed E-state index contributed by atoms with van der Waals surface area (Å²) in [6.07, 6.45) is 4.77. The average Bonchev–Trinajstić information content (AvgIpc) is 3.33. The quantitative estimate of drug-likeness (QED) is 0.419. The van der Waals surface area contributed by atoms with Gasteiger partial charge in [-0.25, -0.2) is 4.68 Å². The fraction of sp³-hybridized carbons (Fsp3) is 0.448. The third kappa shape index (κ3) is 5.73. The van der Waals surface area contributed by atoms with Crippen LogP contribution in [0.4, 0.5) is 0 Å². The summed E-state index contributed by atoms with van der Waals surface area (Å²) in [4.78, 5) is 15.9. The van der Waals surface area contributed by atoms with Crippen LogP contribution in [0.3, 0.4) is 0 Å². The minimum absolute atomic E-state index is 0.131. The predicted molar refractivity (Wildman–Crippen MR) is 143 cm³/mol. The molecule has 0 bridgehead atoms. The summed E-state index contributed by atoms with van der Waals surface area (Å²) in [7, 11) is 3.24. The molecule has 0 spiro atoms. The van der Waals surface area contributed by atoms with Crippen LogP contribution in [0.2, 0.25) is 0 Å². The highest BCUT2D eigenvalue weighted by Gasteiger charge is 2.21. The van der Waals surface area contributed by atoms with E-state index in [1.165, 1.54) is 19.3 Å². The Bertz CT molecular complexity index is 1200. The fourth-order valence-electron chi connectivity index (χ4n) is 4.88. The molecule has 7 heteroatoms. The zero-order valence-electron chi connectivity index (χ0n) is 22.1. The third-order valence-electron chi connectivity index (χ3n) is 7.07. The largest absolute Gasteiger partial charge is 0.497 e. The Morgan fingerprint density at radius 2 is 1.92 bits per heavy atom. The molecule has 2 aromatic carbocycles. The van der Waals surface area contributed by atoms with E-state index in [-0.39, 0.29) is 5.91 Å². The molecule has 192 valence electrons. The number of nitrogens with zero attached hydrogens (tertiary/aromatic N) is 3.